The molecule has 30 heavy (non-hydrogen) atoms. The Hall–Kier alpha value is -2.47. The highest BCUT2D eigenvalue weighted by Gasteiger charge is 2.32. The number of halogens is 2. The van der Waals surface area contributed by atoms with Crippen LogP contribution in [0.3, 0.4) is 0 Å². The molecule has 1 atom stereocenters. The number of carbonyl (C=O) groups excluding carboxylic acids is 2. The van der Waals surface area contributed by atoms with Gasteiger partial charge < -0.3 is 10.2 Å². The first-order chi connectivity index (χ1) is 14.5. The topological polar surface area (TPSA) is 49.4 Å². The van der Waals surface area contributed by atoms with Crippen LogP contribution in [0.5, 0.6) is 0 Å². The van der Waals surface area contributed by atoms with Gasteiger partial charge in [0.15, 0.2) is 0 Å². The van der Waals surface area contributed by atoms with Crippen LogP contribution in [0.1, 0.15) is 26.9 Å². The van der Waals surface area contributed by atoms with Gasteiger partial charge in [-0.25, -0.2) is 0 Å². The van der Waals surface area contributed by atoms with E-state index in [1.165, 1.54) is 0 Å². The summed E-state index contributed by atoms with van der Waals surface area (Å²) in [4.78, 5) is 26.8. The highest BCUT2D eigenvalue weighted by Crippen LogP contribution is 2.39. The van der Waals surface area contributed by atoms with Crippen LogP contribution in [-0.4, -0.2) is 22.5 Å². The van der Waals surface area contributed by atoms with Crippen molar-refractivity contribution in [1.29, 1.82) is 0 Å². The lowest BCUT2D eigenvalue weighted by Crippen LogP contribution is -2.27. The van der Waals surface area contributed by atoms with Crippen LogP contribution in [0.15, 0.2) is 72.8 Å². The fraction of sp³-hybridized carbons (Fsp3) is 0.130. The second kappa shape index (κ2) is 9.13. The maximum atomic E-state index is 12.5. The summed E-state index contributed by atoms with van der Waals surface area (Å²) in [6, 6.07) is 21.9. The minimum absolute atomic E-state index is 0.0850. The second-order valence-corrected chi connectivity index (χ2v) is 8.84. The van der Waals surface area contributed by atoms with Crippen LogP contribution < -0.4 is 5.32 Å². The summed E-state index contributed by atoms with van der Waals surface area (Å²) in [5.41, 5.74) is 3.19. The van der Waals surface area contributed by atoms with Crippen molar-refractivity contribution in [3.63, 3.8) is 0 Å². The molecule has 1 aliphatic rings. The highest BCUT2D eigenvalue weighted by atomic mass is 35.5. The summed E-state index contributed by atoms with van der Waals surface area (Å²) in [6.45, 7) is 0.519. The molecule has 0 bridgehead atoms. The monoisotopic (exact) mass is 456 g/mol. The summed E-state index contributed by atoms with van der Waals surface area (Å²) in [7, 11) is 0. The van der Waals surface area contributed by atoms with Crippen molar-refractivity contribution >= 4 is 52.5 Å². The Morgan fingerprint density at radius 3 is 2.43 bits per heavy atom. The molecule has 1 N–H and O–H groups in total. The van der Waals surface area contributed by atoms with Gasteiger partial charge in [-0.15, -0.1) is 11.8 Å². The third kappa shape index (κ3) is 4.81. The molecule has 3 aromatic rings. The van der Waals surface area contributed by atoms with Gasteiger partial charge >= 0.3 is 0 Å². The molecule has 0 saturated carbocycles. The Kier molecular flexibility index (Phi) is 6.32. The zero-order valence-electron chi connectivity index (χ0n) is 15.8. The number of rotatable bonds is 5. The fourth-order valence-corrected chi connectivity index (χ4v) is 4.76. The number of carbonyl (C=O) groups is 2. The molecule has 0 radical (unpaired) electrons. The summed E-state index contributed by atoms with van der Waals surface area (Å²) >= 11 is 13.5. The highest BCUT2D eigenvalue weighted by molar-refractivity contribution is 8.00. The Morgan fingerprint density at radius 2 is 1.73 bits per heavy atom. The Labute approximate surface area is 189 Å². The maximum absolute atomic E-state index is 12.5. The van der Waals surface area contributed by atoms with Gasteiger partial charge in [0.25, 0.3) is 5.91 Å². The van der Waals surface area contributed by atoms with Crippen molar-refractivity contribution in [2.45, 2.75) is 11.9 Å². The van der Waals surface area contributed by atoms with E-state index in [1.807, 2.05) is 41.3 Å². The van der Waals surface area contributed by atoms with E-state index in [0.29, 0.717) is 33.6 Å². The van der Waals surface area contributed by atoms with Gasteiger partial charge in [0, 0.05) is 27.8 Å². The van der Waals surface area contributed by atoms with Crippen LogP contribution in [0.2, 0.25) is 10.0 Å². The van der Waals surface area contributed by atoms with Gasteiger partial charge in [-0.1, -0.05) is 53.5 Å². The Bertz CT molecular complexity index is 1070. The molecule has 1 aliphatic heterocycles. The number of nitrogens with one attached hydrogen (secondary N) is 1. The lowest BCUT2D eigenvalue weighted by molar-refractivity contribution is -0.128. The summed E-state index contributed by atoms with van der Waals surface area (Å²) < 4.78 is 0. The standard InChI is InChI=1S/C23H18Cl2N2O2S/c24-18-10-4-15(5-11-18)13-27-21(28)14-30-23(27)17-8-6-16(7-9-17)22(29)26-20-3-1-2-19(25)12-20/h1-12,23H,13-14H2,(H,26,29)/t23-/m0/s1. The number of benzene rings is 3. The SMILES string of the molecule is O=C(Nc1cccc(Cl)c1)c1ccc([C@@H]2SCC(=O)N2Cc2ccc(Cl)cc2)cc1. The molecule has 0 unspecified atom stereocenters. The van der Waals surface area contributed by atoms with Gasteiger partial charge in [0.2, 0.25) is 5.91 Å². The van der Waals surface area contributed by atoms with E-state index in [9.17, 15) is 9.59 Å². The van der Waals surface area contributed by atoms with E-state index in [0.717, 1.165) is 11.1 Å². The Balaban J connectivity index is 1.47. The third-order valence-electron chi connectivity index (χ3n) is 4.77. The normalized spacial score (nSPS) is 16.0. The quantitative estimate of drug-likeness (QED) is 0.510. The van der Waals surface area contributed by atoms with Crippen LogP contribution in [-0.2, 0) is 11.3 Å². The number of hydrogen-bond acceptors (Lipinski definition) is 3. The van der Waals surface area contributed by atoms with Crippen LogP contribution >= 0.6 is 35.0 Å². The molecule has 3 aromatic carbocycles. The molecule has 4 nitrogen and oxygen atoms in total. The minimum atomic E-state index is -0.211. The van der Waals surface area contributed by atoms with Gasteiger partial charge in [0.1, 0.15) is 5.37 Å². The van der Waals surface area contributed by atoms with Gasteiger partial charge in [-0.2, -0.15) is 0 Å². The lowest BCUT2D eigenvalue weighted by Gasteiger charge is -2.24. The molecule has 0 aliphatic carbocycles. The van der Waals surface area contributed by atoms with Crippen molar-refractivity contribution < 1.29 is 9.59 Å². The Morgan fingerprint density at radius 1 is 1.00 bits per heavy atom. The molecular weight excluding hydrogens is 439 g/mol. The smallest absolute Gasteiger partial charge is 0.255 e. The first-order valence-corrected chi connectivity index (χ1v) is 11.1. The van der Waals surface area contributed by atoms with Crippen molar-refractivity contribution in [2.75, 3.05) is 11.1 Å². The zero-order valence-corrected chi connectivity index (χ0v) is 18.2. The predicted molar refractivity (Wildman–Crippen MR) is 123 cm³/mol. The summed E-state index contributed by atoms with van der Waals surface area (Å²) in [5.74, 6) is 0.328. The molecule has 4 rings (SSSR count). The lowest BCUT2D eigenvalue weighted by atomic mass is 10.1. The number of anilines is 1. The molecule has 7 heteroatoms. The largest absolute Gasteiger partial charge is 0.322 e. The number of hydrogen-bond donors (Lipinski definition) is 1. The molecule has 0 aromatic heterocycles. The van der Waals surface area contributed by atoms with Crippen molar-refractivity contribution in [2.24, 2.45) is 0 Å². The zero-order chi connectivity index (χ0) is 21.1. The van der Waals surface area contributed by atoms with Gasteiger partial charge in [-0.05, 0) is 53.6 Å². The average molecular weight is 457 g/mol. The summed E-state index contributed by atoms with van der Waals surface area (Å²) in [5, 5.41) is 3.98. The van der Waals surface area contributed by atoms with E-state index >= 15 is 0 Å². The number of thioether (sulfide) groups is 1. The van der Waals surface area contributed by atoms with E-state index in [-0.39, 0.29) is 17.2 Å². The van der Waals surface area contributed by atoms with Gasteiger partial charge in [-0.3, -0.25) is 9.59 Å². The van der Waals surface area contributed by atoms with E-state index in [4.69, 9.17) is 23.2 Å². The van der Waals surface area contributed by atoms with Crippen molar-refractivity contribution in [1.82, 2.24) is 4.90 Å². The molecular formula is C23H18Cl2N2O2S. The molecule has 1 heterocycles. The van der Waals surface area contributed by atoms with E-state index in [2.05, 4.69) is 5.32 Å². The summed E-state index contributed by atoms with van der Waals surface area (Å²) in [6.07, 6.45) is 0. The molecule has 2 amide bonds. The first-order valence-electron chi connectivity index (χ1n) is 9.32. The van der Waals surface area contributed by atoms with Crippen LogP contribution in [0.4, 0.5) is 5.69 Å². The molecule has 0 spiro atoms. The maximum Gasteiger partial charge on any atom is 0.255 e. The third-order valence-corrected chi connectivity index (χ3v) is 6.52. The first kappa shape index (κ1) is 20.8. The average Bonchev–Trinajstić information content (AvgIpc) is 3.10. The number of amides is 2. The predicted octanol–water partition coefficient (Wildman–Crippen LogP) is 6.02. The fourth-order valence-electron chi connectivity index (χ4n) is 3.26. The van der Waals surface area contributed by atoms with E-state index < -0.39 is 0 Å². The molecule has 152 valence electrons. The van der Waals surface area contributed by atoms with Crippen LogP contribution in [0.25, 0.3) is 0 Å². The number of nitrogens with zero attached hydrogens (tertiary/aromatic N) is 1. The molecule has 1 saturated heterocycles. The van der Waals surface area contributed by atoms with E-state index in [1.54, 1.807) is 48.2 Å². The van der Waals surface area contributed by atoms with Crippen molar-refractivity contribution in [3.05, 3.63) is 99.5 Å². The van der Waals surface area contributed by atoms with Crippen molar-refractivity contribution in [3.8, 4) is 0 Å². The van der Waals surface area contributed by atoms with Crippen LogP contribution in [0, 0.1) is 0 Å². The minimum Gasteiger partial charge on any atom is -0.322 e. The second-order valence-electron chi connectivity index (χ2n) is 6.90. The van der Waals surface area contributed by atoms with Gasteiger partial charge in [0.05, 0.1) is 5.75 Å². The molecule has 1 fully saturated rings.